The zero-order valence-corrected chi connectivity index (χ0v) is 15.5. The SMILES string of the molecule is Oc1cccc(C=Cc2cnc(Nc3cc(N4CCNCC4)ncn3)s2)c1. The van der Waals surface area contributed by atoms with E-state index in [9.17, 15) is 5.11 Å². The summed E-state index contributed by atoms with van der Waals surface area (Å²) in [5.74, 6) is 1.92. The second-order valence-corrected chi connectivity index (χ2v) is 7.18. The first-order valence-corrected chi connectivity index (χ1v) is 9.56. The number of aromatic hydroxyl groups is 1. The molecule has 0 saturated carbocycles. The molecule has 3 heterocycles. The van der Waals surface area contributed by atoms with Gasteiger partial charge >= 0.3 is 0 Å². The monoisotopic (exact) mass is 380 g/mol. The molecule has 4 rings (SSSR count). The fraction of sp³-hybridized carbons (Fsp3) is 0.211. The topological polar surface area (TPSA) is 86.2 Å². The van der Waals surface area contributed by atoms with Crippen molar-refractivity contribution in [3.63, 3.8) is 0 Å². The Labute approximate surface area is 161 Å². The molecule has 138 valence electrons. The second-order valence-electron chi connectivity index (χ2n) is 6.12. The fourth-order valence-electron chi connectivity index (χ4n) is 2.82. The molecule has 1 aromatic carbocycles. The van der Waals surface area contributed by atoms with Crippen molar-refractivity contribution in [2.24, 2.45) is 0 Å². The smallest absolute Gasteiger partial charge is 0.188 e. The third-order valence-corrected chi connectivity index (χ3v) is 5.04. The van der Waals surface area contributed by atoms with Gasteiger partial charge in [0, 0.05) is 43.3 Å². The minimum Gasteiger partial charge on any atom is -0.508 e. The molecular formula is C19H20N6OS. The van der Waals surface area contributed by atoms with Crippen molar-refractivity contribution in [1.29, 1.82) is 0 Å². The van der Waals surface area contributed by atoms with Gasteiger partial charge in [-0.2, -0.15) is 0 Å². The first kappa shape index (κ1) is 17.4. The molecule has 1 saturated heterocycles. The molecule has 0 unspecified atom stereocenters. The van der Waals surface area contributed by atoms with Gasteiger partial charge in [0.25, 0.3) is 0 Å². The molecule has 1 aliphatic heterocycles. The highest BCUT2D eigenvalue weighted by Crippen LogP contribution is 2.25. The number of phenolic OH excluding ortho intramolecular Hbond substituents is 1. The second kappa shape index (κ2) is 8.15. The molecule has 27 heavy (non-hydrogen) atoms. The number of thiazole rings is 1. The minimum atomic E-state index is 0.257. The number of rotatable bonds is 5. The third kappa shape index (κ3) is 4.60. The number of nitrogens with zero attached hydrogens (tertiary/aromatic N) is 4. The van der Waals surface area contributed by atoms with Crippen molar-refractivity contribution in [2.45, 2.75) is 0 Å². The lowest BCUT2D eigenvalue weighted by molar-refractivity contribution is 0.475. The predicted octanol–water partition coefficient (Wildman–Crippen LogP) is 2.96. The van der Waals surface area contributed by atoms with E-state index in [-0.39, 0.29) is 5.75 Å². The average molecular weight is 380 g/mol. The van der Waals surface area contributed by atoms with Crippen LogP contribution in [0.1, 0.15) is 10.4 Å². The number of anilines is 3. The molecule has 0 bridgehead atoms. The van der Waals surface area contributed by atoms with Crippen LogP contribution < -0.4 is 15.5 Å². The van der Waals surface area contributed by atoms with Crippen molar-refractivity contribution in [3.05, 3.63) is 53.3 Å². The van der Waals surface area contributed by atoms with Crippen LogP contribution in [0.2, 0.25) is 0 Å². The number of hydrogen-bond donors (Lipinski definition) is 3. The summed E-state index contributed by atoms with van der Waals surface area (Å²) in [6.45, 7) is 3.82. The summed E-state index contributed by atoms with van der Waals surface area (Å²) in [6.07, 6.45) is 7.31. The van der Waals surface area contributed by atoms with E-state index in [0.717, 1.165) is 53.4 Å². The van der Waals surface area contributed by atoms with E-state index in [1.54, 1.807) is 18.5 Å². The Morgan fingerprint density at radius 1 is 1.11 bits per heavy atom. The zero-order chi connectivity index (χ0) is 18.5. The van der Waals surface area contributed by atoms with E-state index < -0.39 is 0 Å². The third-order valence-electron chi connectivity index (χ3n) is 4.16. The molecule has 3 aromatic rings. The number of phenols is 1. The lowest BCUT2D eigenvalue weighted by atomic mass is 10.2. The van der Waals surface area contributed by atoms with E-state index in [0.29, 0.717) is 0 Å². The van der Waals surface area contributed by atoms with Gasteiger partial charge in [0.1, 0.15) is 23.7 Å². The number of aromatic nitrogens is 3. The van der Waals surface area contributed by atoms with Gasteiger partial charge in [-0.05, 0) is 23.8 Å². The lowest BCUT2D eigenvalue weighted by Gasteiger charge is -2.28. The minimum absolute atomic E-state index is 0.257. The van der Waals surface area contributed by atoms with Crippen molar-refractivity contribution in [3.8, 4) is 5.75 Å². The van der Waals surface area contributed by atoms with Crippen molar-refractivity contribution in [2.75, 3.05) is 36.4 Å². The Kier molecular flexibility index (Phi) is 5.27. The molecule has 1 aliphatic rings. The van der Waals surface area contributed by atoms with Crippen LogP contribution in [0.5, 0.6) is 5.75 Å². The molecule has 0 atom stereocenters. The number of piperazine rings is 1. The zero-order valence-electron chi connectivity index (χ0n) is 14.7. The Balaban J connectivity index is 1.43. The molecular weight excluding hydrogens is 360 g/mol. The Morgan fingerprint density at radius 3 is 2.85 bits per heavy atom. The van der Waals surface area contributed by atoms with Crippen LogP contribution >= 0.6 is 11.3 Å². The van der Waals surface area contributed by atoms with Gasteiger partial charge in [0.2, 0.25) is 0 Å². The fourth-order valence-corrected chi connectivity index (χ4v) is 3.55. The predicted molar refractivity (Wildman–Crippen MR) is 110 cm³/mol. The lowest BCUT2D eigenvalue weighted by Crippen LogP contribution is -2.43. The Bertz CT molecular complexity index is 935. The van der Waals surface area contributed by atoms with Crippen LogP contribution in [0.25, 0.3) is 12.2 Å². The van der Waals surface area contributed by atoms with Gasteiger partial charge < -0.3 is 20.6 Å². The maximum absolute atomic E-state index is 9.52. The molecule has 0 spiro atoms. The highest BCUT2D eigenvalue weighted by Gasteiger charge is 2.12. The van der Waals surface area contributed by atoms with Crippen LogP contribution in [-0.2, 0) is 0 Å². The van der Waals surface area contributed by atoms with E-state index in [4.69, 9.17) is 0 Å². The molecule has 7 nitrogen and oxygen atoms in total. The highest BCUT2D eigenvalue weighted by atomic mass is 32.1. The van der Waals surface area contributed by atoms with Crippen LogP contribution in [0.15, 0.2) is 42.9 Å². The van der Waals surface area contributed by atoms with Gasteiger partial charge in [0.05, 0.1) is 0 Å². The first-order valence-electron chi connectivity index (χ1n) is 8.74. The Hall–Kier alpha value is -2.97. The highest BCUT2D eigenvalue weighted by molar-refractivity contribution is 7.16. The summed E-state index contributed by atoms with van der Waals surface area (Å²) in [7, 11) is 0. The summed E-state index contributed by atoms with van der Waals surface area (Å²) in [6, 6.07) is 9.08. The molecule has 3 N–H and O–H groups in total. The molecule has 0 amide bonds. The summed E-state index contributed by atoms with van der Waals surface area (Å²) in [5.41, 5.74) is 0.939. The van der Waals surface area contributed by atoms with Gasteiger partial charge in [-0.1, -0.05) is 29.5 Å². The summed E-state index contributed by atoms with van der Waals surface area (Å²) in [5, 5.41) is 16.9. The van der Waals surface area contributed by atoms with Gasteiger partial charge in [-0.3, -0.25) is 0 Å². The van der Waals surface area contributed by atoms with Crippen LogP contribution in [-0.4, -0.2) is 46.2 Å². The van der Waals surface area contributed by atoms with E-state index >= 15 is 0 Å². The molecule has 0 radical (unpaired) electrons. The van der Waals surface area contributed by atoms with Gasteiger partial charge in [0.15, 0.2) is 5.13 Å². The van der Waals surface area contributed by atoms with Crippen molar-refractivity contribution in [1.82, 2.24) is 20.3 Å². The first-order chi connectivity index (χ1) is 13.3. The van der Waals surface area contributed by atoms with Crippen LogP contribution in [0.4, 0.5) is 16.8 Å². The van der Waals surface area contributed by atoms with Crippen molar-refractivity contribution >= 4 is 40.3 Å². The largest absolute Gasteiger partial charge is 0.508 e. The van der Waals surface area contributed by atoms with Crippen molar-refractivity contribution < 1.29 is 5.11 Å². The average Bonchev–Trinajstić information content (AvgIpc) is 3.15. The number of nitrogens with one attached hydrogen (secondary N) is 2. The summed E-state index contributed by atoms with van der Waals surface area (Å²) < 4.78 is 0. The number of hydrogen-bond acceptors (Lipinski definition) is 8. The maximum Gasteiger partial charge on any atom is 0.188 e. The van der Waals surface area contributed by atoms with Crippen LogP contribution in [0.3, 0.4) is 0 Å². The molecule has 0 aliphatic carbocycles. The normalized spacial score (nSPS) is 14.6. The number of benzene rings is 1. The van der Waals surface area contributed by atoms with Crippen LogP contribution in [0, 0.1) is 0 Å². The molecule has 1 fully saturated rings. The van der Waals surface area contributed by atoms with E-state index in [2.05, 4.69) is 30.5 Å². The summed E-state index contributed by atoms with van der Waals surface area (Å²) in [4.78, 5) is 16.3. The van der Waals surface area contributed by atoms with Gasteiger partial charge in [-0.15, -0.1) is 0 Å². The van der Waals surface area contributed by atoms with E-state index in [1.807, 2.05) is 36.5 Å². The van der Waals surface area contributed by atoms with E-state index in [1.165, 1.54) is 11.3 Å². The standard InChI is InChI=1S/C19H20N6OS/c26-15-3-1-2-14(10-15)4-5-16-12-21-19(27-16)24-17-11-18(23-13-22-17)25-8-6-20-7-9-25/h1-5,10-13,20,26H,6-9H2,(H,21,22,23,24). The molecule has 2 aromatic heterocycles. The van der Waals surface area contributed by atoms with Gasteiger partial charge in [-0.25, -0.2) is 15.0 Å². The molecule has 8 heteroatoms. The Morgan fingerprint density at radius 2 is 2.00 bits per heavy atom. The summed E-state index contributed by atoms with van der Waals surface area (Å²) >= 11 is 1.54. The quantitative estimate of drug-likeness (QED) is 0.627. The maximum atomic E-state index is 9.52.